The Morgan fingerprint density at radius 1 is 1.32 bits per heavy atom. The number of aromatic nitrogens is 1. The van der Waals surface area contributed by atoms with Crippen molar-refractivity contribution in [3.05, 3.63) is 29.6 Å². The third kappa shape index (κ3) is 3.41. The van der Waals surface area contributed by atoms with Crippen molar-refractivity contribution in [2.75, 3.05) is 6.26 Å². The summed E-state index contributed by atoms with van der Waals surface area (Å²) in [5.74, 6) is -0.222. The molecule has 4 nitrogen and oxygen atoms in total. The highest BCUT2D eigenvalue weighted by Gasteiger charge is 2.33. The second kappa shape index (κ2) is 5.41. The molecule has 0 aliphatic heterocycles. The molecule has 19 heavy (non-hydrogen) atoms. The Morgan fingerprint density at radius 2 is 2.05 bits per heavy atom. The van der Waals surface area contributed by atoms with Crippen LogP contribution in [0.1, 0.15) is 41.9 Å². The molecule has 104 valence electrons. The quantitative estimate of drug-likeness (QED) is 0.797. The summed E-state index contributed by atoms with van der Waals surface area (Å²) in [6.07, 6.45) is 3.92. The topological polar surface area (TPSA) is 64.1 Å². The second-order valence-electron chi connectivity index (χ2n) is 5.34. The van der Waals surface area contributed by atoms with E-state index < -0.39 is 9.84 Å². The van der Waals surface area contributed by atoms with Crippen LogP contribution in [0.15, 0.2) is 18.2 Å². The minimum Gasteiger partial charge on any atom is -0.292 e. The van der Waals surface area contributed by atoms with Gasteiger partial charge in [0.25, 0.3) is 0 Å². The first-order valence-corrected chi connectivity index (χ1v) is 8.50. The fourth-order valence-corrected chi connectivity index (χ4v) is 3.84. The van der Waals surface area contributed by atoms with E-state index in [2.05, 4.69) is 4.98 Å². The van der Waals surface area contributed by atoms with Gasteiger partial charge in [0.15, 0.2) is 5.78 Å². The highest BCUT2D eigenvalue weighted by atomic mass is 32.2. The Bertz CT molecular complexity index is 580. The van der Waals surface area contributed by atoms with E-state index in [1.54, 1.807) is 6.07 Å². The first kappa shape index (κ1) is 14.2. The standard InChI is InChI=1S/C14H19NO3S/c1-10-5-3-8-13(15-10)14(16)11-6-4-7-12(9-11)19(2,17)18/h3,5,8,11-12H,4,6-7,9H2,1-2H3. The van der Waals surface area contributed by atoms with Crippen LogP contribution in [-0.2, 0) is 9.84 Å². The zero-order valence-corrected chi connectivity index (χ0v) is 12.1. The molecule has 2 rings (SSSR count). The summed E-state index contributed by atoms with van der Waals surface area (Å²) >= 11 is 0. The Morgan fingerprint density at radius 3 is 2.68 bits per heavy atom. The third-order valence-electron chi connectivity index (χ3n) is 3.74. The SMILES string of the molecule is Cc1cccc(C(=O)C2CCCC(S(C)(=O)=O)C2)n1. The van der Waals surface area contributed by atoms with E-state index in [4.69, 9.17) is 0 Å². The molecule has 0 amide bonds. The van der Waals surface area contributed by atoms with Gasteiger partial charge in [-0.2, -0.15) is 0 Å². The summed E-state index contributed by atoms with van der Waals surface area (Å²) in [5.41, 5.74) is 1.26. The van der Waals surface area contributed by atoms with Crippen molar-refractivity contribution in [1.82, 2.24) is 4.98 Å². The minimum absolute atomic E-state index is 0.0166. The van der Waals surface area contributed by atoms with Crippen LogP contribution in [0.2, 0.25) is 0 Å². The van der Waals surface area contributed by atoms with Crippen molar-refractivity contribution in [2.24, 2.45) is 5.92 Å². The molecule has 2 unspecified atom stereocenters. The van der Waals surface area contributed by atoms with Gasteiger partial charge in [-0.15, -0.1) is 0 Å². The lowest BCUT2D eigenvalue weighted by Crippen LogP contribution is -2.31. The van der Waals surface area contributed by atoms with E-state index in [9.17, 15) is 13.2 Å². The van der Waals surface area contributed by atoms with Crippen LogP contribution in [0.25, 0.3) is 0 Å². The number of rotatable bonds is 3. The average molecular weight is 281 g/mol. The molecule has 0 aromatic carbocycles. The molecule has 0 N–H and O–H groups in total. The van der Waals surface area contributed by atoms with Crippen molar-refractivity contribution in [3.8, 4) is 0 Å². The largest absolute Gasteiger partial charge is 0.292 e. The van der Waals surface area contributed by atoms with Crippen LogP contribution in [0.4, 0.5) is 0 Å². The Kier molecular flexibility index (Phi) is 4.04. The van der Waals surface area contributed by atoms with Crippen molar-refractivity contribution < 1.29 is 13.2 Å². The van der Waals surface area contributed by atoms with E-state index in [0.29, 0.717) is 18.5 Å². The number of carbonyl (C=O) groups is 1. The van der Waals surface area contributed by atoms with Crippen LogP contribution < -0.4 is 0 Å². The maximum atomic E-state index is 12.4. The molecule has 0 spiro atoms. The number of pyridine rings is 1. The number of hydrogen-bond acceptors (Lipinski definition) is 4. The van der Waals surface area contributed by atoms with Crippen LogP contribution in [0, 0.1) is 12.8 Å². The van der Waals surface area contributed by atoms with Gasteiger partial charge in [0.05, 0.1) is 5.25 Å². The van der Waals surface area contributed by atoms with Gasteiger partial charge >= 0.3 is 0 Å². The average Bonchev–Trinajstić information content (AvgIpc) is 2.37. The molecule has 1 heterocycles. The number of Topliss-reactive ketones (excluding diaryl/α,β-unsaturated/α-hetero) is 1. The van der Waals surface area contributed by atoms with Gasteiger partial charge in [-0.25, -0.2) is 8.42 Å². The summed E-state index contributed by atoms with van der Waals surface area (Å²) in [6, 6.07) is 5.36. The number of hydrogen-bond donors (Lipinski definition) is 0. The Hall–Kier alpha value is -1.23. The number of carbonyl (C=O) groups excluding carboxylic acids is 1. The molecule has 0 radical (unpaired) electrons. The van der Waals surface area contributed by atoms with E-state index in [1.807, 2.05) is 19.1 Å². The van der Waals surface area contributed by atoms with Crippen molar-refractivity contribution in [3.63, 3.8) is 0 Å². The Balaban J connectivity index is 2.16. The molecule has 1 aliphatic carbocycles. The van der Waals surface area contributed by atoms with Gasteiger partial charge in [-0.3, -0.25) is 9.78 Å². The maximum Gasteiger partial charge on any atom is 0.184 e. The van der Waals surface area contributed by atoms with Gasteiger partial charge < -0.3 is 0 Å². The molecule has 5 heteroatoms. The van der Waals surface area contributed by atoms with Gasteiger partial charge in [-0.05, 0) is 38.3 Å². The summed E-state index contributed by atoms with van der Waals surface area (Å²) in [6.45, 7) is 1.84. The first-order chi connectivity index (χ1) is 8.88. The van der Waals surface area contributed by atoms with Gasteiger partial charge in [-0.1, -0.05) is 12.5 Å². The maximum absolute atomic E-state index is 12.4. The molecule has 2 atom stereocenters. The van der Waals surface area contributed by atoms with Crippen molar-refractivity contribution in [1.29, 1.82) is 0 Å². The van der Waals surface area contributed by atoms with E-state index in [1.165, 1.54) is 6.26 Å². The van der Waals surface area contributed by atoms with Gasteiger partial charge in [0, 0.05) is 17.9 Å². The molecule has 1 saturated carbocycles. The lowest BCUT2D eigenvalue weighted by Gasteiger charge is -2.26. The van der Waals surface area contributed by atoms with Crippen LogP contribution in [0.5, 0.6) is 0 Å². The lowest BCUT2D eigenvalue weighted by molar-refractivity contribution is 0.0885. The zero-order chi connectivity index (χ0) is 14.0. The van der Waals surface area contributed by atoms with Crippen LogP contribution >= 0.6 is 0 Å². The highest BCUT2D eigenvalue weighted by molar-refractivity contribution is 7.91. The molecule has 1 aromatic rings. The van der Waals surface area contributed by atoms with Gasteiger partial charge in [0.1, 0.15) is 15.5 Å². The number of sulfone groups is 1. The fraction of sp³-hybridized carbons (Fsp3) is 0.571. The highest BCUT2D eigenvalue weighted by Crippen LogP contribution is 2.30. The number of nitrogens with zero attached hydrogens (tertiary/aromatic N) is 1. The minimum atomic E-state index is -3.06. The van der Waals surface area contributed by atoms with Crippen LogP contribution in [-0.4, -0.2) is 30.7 Å². The summed E-state index contributed by atoms with van der Waals surface area (Å²) in [4.78, 5) is 16.6. The molecule has 0 bridgehead atoms. The zero-order valence-electron chi connectivity index (χ0n) is 11.3. The molecule has 1 fully saturated rings. The van der Waals surface area contributed by atoms with E-state index >= 15 is 0 Å². The molecule has 0 saturated heterocycles. The number of aryl methyl sites for hydroxylation is 1. The third-order valence-corrected chi connectivity index (χ3v) is 5.38. The van der Waals surface area contributed by atoms with E-state index in [-0.39, 0.29) is 17.0 Å². The molecular formula is C14H19NO3S. The summed E-state index contributed by atoms with van der Waals surface area (Å²) in [7, 11) is -3.06. The summed E-state index contributed by atoms with van der Waals surface area (Å²) in [5, 5.41) is -0.375. The molecule has 1 aliphatic rings. The normalized spacial score (nSPS) is 24.1. The smallest absolute Gasteiger partial charge is 0.184 e. The fourth-order valence-electron chi connectivity index (χ4n) is 2.66. The summed E-state index contributed by atoms with van der Waals surface area (Å²) < 4.78 is 23.2. The lowest BCUT2D eigenvalue weighted by atomic mass is 9.84. The predicted molar refractivity (Wildman–Crippen MR) is 73.9 cm³/mol. The van der Waals surface area contributed by atoms with E-state index in [0.717, 1.165) is 18.5 Å². The van der Waals surface area contributed by atoms with Crippen molar-refractivity contribution in [2.45, 2.75) is 37.9 Å². The Labute approximate surface area is 114 Å². The predicted octanol–water partition coefficient (Wildman–Crippen LogP) is 2.18. The van der Waals surface area contributed by atoms with Crippen LogP contribution in [0.3, 0.4) is 0 Å². The van der Waals surface area contributed by atoms with Crippen molar-refractivity contribution >= 4 is 15.6 Å². The number of ketones is 1. The second-order valence-corrected chi connectivity index (χ2v) is 7.67. The molecule has 1 aromatic heterocycles. The van der Waals surface area contributed by atoms with Gasteiger partial charge in [0.2, 0.25) is 0 Å². The molecular weight excluding hydrogens is 262 g/mol. The monoisotopic (exact) mass is 281 g/mol. The first-order valence-electron chi connectivity index (χ1n) is 6.54.